The number of carbonyl (C=O) groups excluding carboxylic acids is 2. The van der Waals surface area contributed by atoms with Crippen LogP contribution < -0.4 is 15.5 Å². The minimum Gasteiger partial charge on any atom is -0.326 e. The van der Waals surface area contributed by atoms with Crippen LogP contribution in [0.2, 0.25) is 0 Å². The molecule has 0 aliphatic rings. The fourth-order valence-electron chi connectivity index (χ4n) is 3.04. The highest BCUT2D eigenvalue weighted by Crippen LogP contribution is 2.37. The first-order chi connectivity index (χ1) is 14.6. The average molecular weight is 427 g/mol. The second kappa shape index (κ2) is 8.91. The molecule has 0 spiro atoms. The molecule has 0 atom stereocenters. The van der Waals surface area contributed by atoms with Crippen molar-refractivity contribution >= 4 is 40.3 Å². The van der Waals surface area contributed by atoms with Crippen molar-refractivity contribution in [1.29, 1.82) is 0 Å². The molecule has 2 N–H and O–H groups in total. The lowest BCUT2D eigenvalue weighted by molar-refractivity contribution is -0.137. The van der Waals surface area contributed by atoms with Gasteiger partial charge in [-0.25, -0.2) is 0 Å². The van der Waals surface area contributed by atoms with E-state index in [2.05, 4.69) is 10.6 Å². The molecule has 8 heteroatoms. The smallest absolute Gasteiger partial charge is 0.326 e. The Balaban J connectivity index is 2.01. The number of rotatable bonds is 5. The molecule has 0 aliphatic heterocycles. The lowest BCUT2D eigenvalue weighted by Gasteiger charge is -2.26. The molecule has 160 valence electrons. The largest absolute Gasteiger partial charge is 0.416 e. The number of amides is 2. The highest BCUT2D eigenvalue weighted by Gasteiger charge is 2.30. The summed E-state index contributed by atoms with van der Waals surface area (Å²) in [5.74, 6) is -0.415. The Bertz CT molecular complexity index is 1000. The number of anilines is 5. The third-order valence-electron chi connectivity index (χ3n) is 4.34. The summed E-state index contributed by atoms with van der Waals surface area (Å²) < 4.78 is 38.9. The maximum Gasteiger partial charge on any atom is 0.416 e. The highest BCUT2D eigenvalue weighted by atomic mass is 19.4. The Morgan fingerprint density at radius 1 is 0.645 bits per heavy atom. The van der Waals surface area contributed by atoms with E-state index in [9.17, 15) is 22.8 Å². The van der Waals surface area contributed by atoms with Crippen LogP contribution in [0.3, 0.4) is 0 Å². The van der Waals surface area contributed by atoms with Crippen LogP contribution in [0.1, 0.15) is 19.4 Å². The summed E-state index contributed by atoms with van der Waals surface area (Å²) in [6.07, 6.45) is -4.43. The third-order valence-corrected chi connectivity index (χ3v) is 4.34. The van der Waals surface area contributed by atoms with Crippen LogP contribution in [0.25, 0.3) is 0 Å². The van der Waals surface area contributed by atoms with Gasteiger partial charge in [0.1, 0.15) is 0 Å². The number of nitrogens with one attached hydrogen (secondary N) is 2. The molecule has 31 heavy (non-hydrogen) atoms. The molecule has 0 saturated carbocycles. The van der Waals surface area contributed by atoms with Gasteiger partial charge in [0.25, 0.3) is 0 Å². The van der Waals surface area contributed by atoms with Crippen molar-refractivity contribution < 1.29 is 22.8 Å². The highest BCUT2D eigenvalue weighted by molar-refractivity contribution is 5.90. The number of benzene rings is 3. The normalized spacial score (nSPS) is 11.0. The standard InChI is InChI=1S/C23H20F3N3O2/c1-15(30)27-18-5-11-21(12-6-18)29(20-9-3-17(4-10-20)23(24,25)26)22-13-7-19(8-14-22)28-16(2)31/h3-14H,1-2H3,(H,27,30)(H,28,31). The molecule has 0 bridgehead atoms. The zero-order chi connectivity index (χ0) is 22.6. The fraction of sp³-hybridized carbons (Fsp3) is 0.130. The molecule has 0 heterocycles. The maximum absolute atomic E-state index is 13.0. The molecule has 0 radical (unpaired) electrons. The quantitative estimate of drug-likeness (QED) is 0.518. The van der Waals surface area contributed by atoms with Crippen molar-refractivity contribution in [2.24, 2.45) is 0 Å². The van der Waals surface area contributed by atoms with Crippen LogP contribution in [0.15, 0.2) is 72.8 Å². The fourth-order valence-corrected chi connectivity index (χ4v) is 3.04. The van der Waals surface area contributed by atoms with Gasteiger partial charge in [0, 0.05) is 42.3 Å². The van der Waals surface area contributed by atoms with Crippen LogP contribution >= 0.6 is 0 Å². The van der Waals surface area contributed by atoms with Crippen LogP contribution in [0, 0.1) is 0 Å². The van der Waals surface area contributed by atoms with Gasteiger partial charge in [-0.15, -0.1) is 0 Å². The van der Waals surface area contributed by atoms with Gasteiger partial charge < -0.3 is 15.5 Å². The summed E-state index contributed by atoms with van der Waals surface area (Å²) in [4.78, 5) is 24.3. The Labute approximate surface area is 177 Å². The Morgan fingerprint density at radius 3 is 1.26 bits per heavy atom. The van der Waals surface area contributed by atoms with E-state index < -0.39 is 11.7 Å². The van der Waals surface area contributed by atoms with Crippen molar-refractivity contribution in [3.8, 4) is 0 Å². The summed E-state index contributed by atoms with van der Waals surface area (Å²) >= 11 is 0. The van der Waals surface area contributed by atoms with Crippen LogP contribution in [-0.4, -0.2) is 11.8 Å². The Kier molecular flexibility index (Phi) is 6.29. The van der Waals surface area contributed by atoms with Gasteiger partial charge in [0.15, 0.2) is 0 Å². The van der Waals surface area contributed by atoms with E-state index in [4.69, 9.17) is 0 Å². The first-order valence-corrected chi connectivity index (χ1v) is 9.36. The van der Waals surface area contributed by atoms with E-state index in [1.54, 1.807) is 53.4 Å². The van der Waals surface area contributed by atoms with Crippen LogP contribution in [0.4, 0.5) is 41.6 Å². The predicted octanol–water partition coefficient (Wildman–Crippen LogP) is 6.09. The van der Waals surface area contributed by atoms with Crippen molar-refractivity contribution in [2.45, 2.75) is 20.0 Å². The van der Waals surface area contributed by atoms with Gasteiger partial charge in [-0.3, -0.25) is 9.59 Å². The first kappa shape index (κ1) is 21.9. The summed E-state index contributed by atoms with van der Waals surface area (Å²) in [5.41, 5.74) is 2.35. The molecule has 0 fully saturated rings. The zero-order valence-electron chi connectivity index (χ0n) is 16.8. The van der Waals surface area contributed by atoms with Crippen LogP contribution in [0.5, 0.6) is 0 Å². The number of halogens is 3. The summed E-state index contributed by atoms with van der Waals surface area (Å²) in [7, 11) is 0. The number of carbonyl (C=O) groups is 2. The topological polar surface area (TPSA) is 61.4 Å². The monoisotopic (exact) mass is 427 g/mol. The third kappa shape index (κ3) is 5.63. The van der Waals surface area contributed by atoms with E-state index in [1.807, 2.05) is 0 Å². The van der Waals surface area contributed by atoms with E-state index in [-0.39, 0.29) is 11.8 Å². The second-order valence-corrected chi connectivity index (χ2v) is 6.84. The molecular formula is C23H20F3N3O2. The van der Waals surface area contributed by atoms with Crippen molar-refractivity contribution in [2.75, 3.05) is 15.5 Å². The molecule has 2 amide bonds. The Hall–Kier alpha value is -3.81. The first-order valence-electron chi connectivity index (χ1n) is 9.36. The molecule has 3 aromatic rings. The maximum atomic E-state index is 13.0. The van der Waals surface area contributed by atoms with E-state index >= 15 is 0 Å². The zero-order valence-corrected chi connectivity index (χ0v) is 16.8. The number of alkyl halides is 3. The van der Waals surface area contributed by atoms with Gasteiger partial charge in [-0.05, 0) is 72.8 Å². The van der Waals surface area contributed by atoms with Crippen molar-refractivity contribution in [3.63, 3.8) is 0 Å². The second-order valence-electron chi connectivity index (χ2n) is 6.84. The lowest BCUT2D eigenvalue weighted by Crippen LogP contribution is -2.12. The number of hydrogen-bond acceptors (Lipinski definition) is 3. The summed E-state index contributed by atoms with van der Waals surface area (Å²) in [6.45, 7) is 2.80. The van der Waals surface area contributed by atoms with Crippen LogP contribution in [-0.2, 0) is 15.8 Å². The van der Waals surface area contributed by atoms with Gasteiger partial charge in [0.2, 0.25) is 11.8 Å². The number of hydrogen-bond donors (Lipinski definition) is 2. The van der Waals surface area contributed by atoms with E-state index in [1.165, 1.54) is 26.0 Å². The van der Waals surface area contributed by atoms with E-state index in [0.717, 1.165) is 12.1 Å². The molecule has 0 unspecified atom stereocenters. The van der Waals surface area contributed by atoms with Gasteiger partial charge in [-0.1, -0.05) is 0 Å². The molecule has 0 aromatic heterocycles. The minimum absolute atomic E-state index is 0.207. The molecule has 3 rings (SSSR count). The van der Waals surface area contributed by atoms with Gasteiger partial charge >= 0.3 is 6.18 Å². The van der Waals surface area contributed by atoms with Crippen molar-refractivity contribution in [3.05, 3.63) is 78.4 Å². The van der Waals surface area contributed by atoms with Gasteiger partial charge in [0.05, 0.1) is 5.56 Å². The average Bonchev–Trinajstić information content (AvgIpc) is 2.70. The predicted molar refractivity (Wildman–Crippen MR) is 115 cm³/mol. The van der Waals surface area contributed by atoms with Crippen molar-refractivity contribution in [1.82, 2.24) is 0 Å². The molecule has 0 aliphatic carbocycles. The molecular weight excluding hydrogens is 407 g/mol. The van der Waals surface area contributed by atoms with E-state index in [0.29, 0.717) is 28.4 Å². The minimum atomic E-state index is -4.43. The molecule has 5 nitrogen and oxygen atoms in total. The SMILES string of the molecule is CC(=O)Nc1ccc(N(c2ccc(NC(C)=O)cc2)c2ccc(C(F)(F)F)cc2)cc1. The molecule has 3 aromatic carbocycles. The summed E-state index contributed by atoms with van der Waals surface area (Å²) in [6, 6.07) is 18.7. The van der Waals surface area contributed by atoms with Gasteiger partial charge in [-0.2, -0.15) is 13.2 Å². The summed E-state index contributed by atoms with van der Waals surface area (Å²) in [5, 5.41) is 5.36. The lowest BCUT2D eigenvalue weighted by atomic mass is 10.1. The Morgan fingerprint density at radius 2 is 0.968 bits per heavy atom. The molecule has 0 saturated heterocycles. The number of nitrogens with zero attached hydrogens (tertiary/aromatic N) is 1.